The predicted octanol–water partition coefficient (Wildman–Crippen LogP) is 4.91. The number of benzene rings is 2. The van der Waals surface area contributed by atoms with Crippen LogP contribution in [0.1, 0.15) is 24.0 Å². The van der Waals surface area contributed by atoms with Crippen LogP contribution in [0.2, 0.25) is 5.02 Å². The average molecular weight is 383 g/mol. The van der Waals surface area contributed by atoms with Crippen LogP contribution in [0, 0.1) is 11.3 Å². The lowest BCUT2D eigenvalue weighted by atomic mass is 9.87. The van der Waals surface area contributed by atoms with E-state index < -0.39 is 0 Å². The van der Waals surface area contributed by atoms with Crippen LogP contribution < -0.4 is 10.6 Å². The van der Waals surface area contributed by atoms with Gasteiger partial charge in [-0.3, -0.25) is 4.99 Å². The van der Waals surface area contributed by atoms with Gasteiger partial charge in [0.05, 0.1) is 35.1 Å². The van der Waals surface area contributed by atoms with Gasteiger partial charge in [-0.15, -0.1) is 0 Å². The Balaban J connectivity index is 1.69. The first-order valence-corrected chi connectivity index (χ1v) is 10.2. The standard InChI is InChI=1S/C20H19ClN4S/c21-16-3-1-2-15(10-16)13-23-19-20(6-8-26-9-7-20)25-17-5-4-14(12-22)11-18(17)24-19/h1-5,10-11,25H,6-9,13H2,(H,23,24). The van der Waals surface area contributed by atoms with Crippen molar-refractivity contribution in [1.82, 2.24) is 0 Å². The summed E-state index contributed by atoms with van der Waals surface area (Å²) in [5, 5.41) is 17.1. The fraction of sp³-hybridized carbons (Fsp3) is 0.300. The lowest BCUT2D eigenvalue weighted by Gasteiger charge is -2.43. The first-order valence-electron chi connectivity index (χ1n) is 8.65. The van der Waals surface area contributed by atoms with Gasteiger partial charge in [0.15, 0.2) is 0 Å². The molecule has 0 bridgehead atoms. The highest BCUT2D eigenvalue weighted by Gasteiger charge is 2.41. The molecule has 0 saturated carbocycles. The largest absolute Gasteiger partial charge is 0.371 e. The van der Waals surface area contributed by atoms with Crippen LogP contribution in [0.5, 0.6) is 0 Å². The normalized spacial score (nSPS) is 19.3. The van der Waals surface area contributed by atoms with Crippen molar-refractivity contribution in [2.24, 2.45) is 4.99 Å². The summed E-state index contributed by atoms with van der Waals surface area (Å²) in [4.78, 5) is 4.92. The zero-order valence-corrected chi connectivity index (χ0v) is 15.8. The lowest BCUT2D eigenvalue weighted by Crippen LogP contribution is -2.54. The third-order valence-electron chi connectivity index (χ3n) is 4.88. The van der Waals surface area contributed by atoms with E-state index in [2.05, 4.69) is 16.7 Å². The van der Waals surface area contributed by atoms with Crippen LogP contribution in [0.15, 0.2) is 47.5 Å². The van der Waals surface area contributed by atoms with E-state index in [9.17, 15) is 5.26 Å². The first-order chi connectivity index (χ1) is 12.7. The number of nitrogens with one attached hydrogen (secondary N) is 2. The van der Waals surface area contributed by atoms with E-state index in [4.69, 9.17) is 16.6 Å². The molecule has 2 N–H and O–H groups in total. The number of aliphatic imine (C=N–C) groups is 1. The Kier molecular flexibility index (Phi) is 4.80. The summed E-state index contributed by atoms with van der Waals surface area (Å²) in [6.45, 7) is 0.576. The summed E-state index contributed by atoms with van der Waals surface area (Å²) in [6, 6.07) is 15.7. The van der Waals surface area contributed by atoms with E-state index >= 15 is 0 Å². The molecule has 2 aliphatic heterocycles. The fourth-order valence-electron chi connectivity index (χ4n) is 3.47. The van der Waals surface area contributed by atoms with Crippen molar-refractivity contribution in [3.05, 3.63) is 58.6 Å². The SMILES string of the molecule is N#Cc1ccc2c(c1)NC(=NCc1cccc(Cl)c1)C1(CCSCC1)N2. The van der Waals surface area contributed by atoms with Crippen molar-refractivity contribution in [3.63, 3.8) is 0 Å². The molecule has 26 heavy (non-hydrogen) atoms. The van der Waals surface area contributed by atoms with E-state index in [-0.39, 0.29) is 5.54 Å². The van der Waals surface area contributed by atoms with E-state index in [1.807, 2.05) is 54.2 Å². The maximum atomic E-state index is 9.18. The number of nitrogens with zero attached hydrogens (tertiary/aromatic N) is 2. The number of anilines is 2. The minimum Gasteiger partial charge on any atom is -0.371 e. The molecule has 4 nitrogen and oxygen atoms in total. The minimum absolute atomic E-state index is 0.162. The van der Waals surface area contributed by atoms with Crippen LogP contribution in [0.3, 0.4) is 0 Å². The molecular formula is C20H19ClN4S. The smallest absolute Gasteiger partial charge is 0.127 e. The molecule has 1 spiro atoms. The maximum Gasteiger partial charge on any atom is 0.127 e. The third kappa shape index (κ3) is 3.40. The van der Waals surface area contributed by atoms with Gasteiger partial charge in [-0.25, -0.2) is 0 Å². The number of fused-ring (bicyclic) bond motifs is 1. The lowest BCUT2D eigenvalue weighted by molar-refractivity contribution is 0.559. The van der Waals surface area contributed by atoms with Gasteiger partial charge in [0.2, 0.25) is 0 Å². The highest BCUT2D eigenvalue weighted by atomic mass is 35.5. The molecule has 6 heteroatoms. The Hall–Kier alpha value is -2.16. The number of nitriles is 1. The fourth-order valence-corrected chi connectivity index (χ4v) is 4.87. The van der Waals surface area contributed by atoms with E-state index in [0.29, 0.717) is 12.1 Å². The van der Waals surface area contributed by atoms with Gasteiger partial charge >= 0.3 is 0 Å². The molecule has 0 unspecified atom stereocenters. The van der Waals surface area contributed by atoms with Gasteiger partial charge in [0.1, 0.15) is 5.84 Å². The van der Waals surface area contributed by atoms with Gasteiger partial charge in [-0.1, -0.05) is 23.7 Å². The predicted molar refractivity (Wildman–Crippen MR) is 110 cm³/mol. The highest BCUT2D eigenvalue weighted by Crippen LogP contribution is 2.39. The zero-order valence-electron chi connectivity index (χ0n) is 14.3. The number of thioether (sulfide) groups is 1. The number of hydrogen-bond donors (Lipinski definition) is 2. The van der Waals surface area contributed by atoms with Gasteiger partial charge in [0, 0.05) is 5.02 Å². The van der Waals surface area contributed by atoms with Crippen molar-refractivity contribution < 1.29 is 0 Å². The summed E-state index contributed by atoms with van der Waals surface area (Å²) >= 11 is 8.08. The Morgan fingerprint density at radius 3 is 2.77 bits per heavy atom. The molecule has 0 amide bonds. The van der Waals surface area contributed by atoms with Gasteiger partial charge in [-0.2, -0.15) is 17.0 Å². The maximum absolute atomic E-state index is 9.18. The Morgan fingerprint density at radius 2 is 2.00 bits per heavy atom. The van der Waals surface area contributed by atoms with Gasteiger partial charge in [0.25, 0.3) is 0 Å². The molecule has 0 aliphatic carbocycles. The molecular weight excluding hydrogens is 364 g/mol. The molecule has 2 aliphatic rings. The Bertz CT molecular complexity index is 897. The molecule has 2 aromatic carbocycles. The highest BCUT2D eigenvalue weighted by molar-refractivity contribution is 7.99. The minimum atomic E-state index is -0.162. The molecule has 0 atom stereocenters. The van der Waals surface area contributed by atoms with Crippen LogP contribution in [-0.2, 0) is 6.54 Å². The molecule has 0 aromatic heterocycles. The second kappa shape index (κ2) is 7.22. The summed E-state index contributed by atoms with van der Waals surface area (Å²) in [6.07, 6.45) is 2.05. The van der Waals surface area contributed by atoms with Crippen molar-refractivity contribution >= 4 is 40.6 Å². The van der Waals surface area contributed by atoms with E-state index in [0.717, 1.165) is 52.1 Å². The van der Waals surface area contributed by atoms with Crippen LogP contribution in [-0.4, -0.2) is 22.9 Å². The number of rotatable bonds is 2. The quantitative estimate of drug-likeness (QED) is 0.774. The van der Waals surface area contributed by atoms with Crippen LogP contribution in [0.25, 0.3) is 0 Å². The van der Waals surface area contributed by atoms with Gasteiger partial charge < -0.3 is 10.6 Å². The summed E-state index contributed by atoms with van der Waals surface area (Å²) in [5.74, 6) is 3.17. The van der Waals surface area contributed by atoms with Crippen molar-refractivity contribution in [3.8, 4) is 6.07 Å². The molecule has 4 rings (SSSR count). The zero-order chi connectivity index (χ0) is 18.0. The second-order valence-electron chi connectivity index (χ2n) is 6.61. The van der Waals surface area contributed by atoms with E-state index in [1.165, 1.54) is 0 Å². The second-order valence-corrected chi connectivity index (χ2v) is 8.27. The molecule has 132 valence electrons. The average Bonchev–Trinajstić information content (AvgIpc) is 2.67. The van der Waals surface area contributed by atoms with Crippen LogP contribution >= 0.6 is 23.4 Å². The van der Waals surface area contributed by atoms with Crippen molar-refractivity contribution in [1.29, 1.82) is 5.26 Å². The summed E-state index contributed by atoms with van der Waals surface area (Å²) in [7, 11) is 0. The molecule has 2 heterocycles. The molecule has 1 saturated heterocycles. The number of amidine groups is 1. The number of hydrogen-bond acceptors (Lipinski definition) is 4. The monoisotopic (exact) mass is 382 g/mol. The molecule has 2 aromatic rings. The van der Waals surface area contributed by atoms with Crippen LogP contribution in [0.4, 0.5) is 11.4 Å². The summed E-state index contributed by atoms with van der Waals surface area (Å²) < 4.78 is 0. The third-order valence-corrected chi connectivity index (χ3v) is 6.10. The Labute approximate surface area is 162 Å². The summed E-state index contributed by atoms with van der Waals surface area (Å²) in [5.41, 5.74) is 3.52. The first kappa shape index (κ1) is 17.3. The van der Waals surface area contributed by atoms with E-state index in [1.54, 1.807) is 0 Å². The Morgan fingerprint density at radius 1 is 1.15 bits per heavy atom. The van der Waals surface area contributed by atoms with Crippen molar-refractivity contribution in [2.75, 3.05) is 22.1 Å². The molecule has 1 fully saturated rings. The van der Waals surface area contributed by atoms with Gasteiger partial charge in [-0.05, 0) is 60.2 Å². The van der Waals surface area contributed by atoms with Crippen molar-refractivity contribution in [2.45, 2.75) is 24.9 Å². The topological polar surface area (TPSA) is 60.2 Å². The number of halogens is 1. The molecule has 0 radical (unpaired) electrons.